The second-order valence-corrected chi connectivity index (χ2v) is 8.30. The van der Waals surface area contributed by atoms with Crippen molar-refractivity contribution in [2.24, 2.45) is 0 Å². The predicted octanol–water partition coefficient (Wildman–Crippen LogP) is 4.34. The number of hydrogen-bond acceptors (Lipinski definition) is 7. The molecule has 3 N–H and O–H groups in total. The number of H-pyrrole nitrogens is 1. The molecule has 1 aliphatic rings. The van der Waals surface area contributed by atoms with Crippen molar-refractivity contribution in [3.05, 3.63) is 58.9 Å². The third-order valence-electron chi connectivity index (χ3n) is 5.76. The van der Waals surface area contributed by atoms with E-state index in [1.54, 1.807) is 32.5 Å². The molecule has 1 aliphatic heterocycles. The number of hydrogen-bond donors (Lipinski definition) is 3. The van der Waals surface area contributed by atoms with E-state index < -0.39 is 0 Å². The monoisotopic (exact) mass is 493 g/mol. The fraction of sp³-hybridized carbons (Fsp3) is 0.240. The van der Waals surface area contributed by atoms with Gasteiger partial charge in [-0.3, -0.25) is 9.78 Å². The van der Waals surface area contributed by atoms with Crippen LogP contribution in [-0.2, 0) is 11.2 Å². The van der Waals surface area contributed by atoms with E-state index in [-0.39, 0.29) is 5.91 Å². The molecule has 3 aromatic heterocycles. The fourth-order valence-corrected chi connectivity index (χ4v) is 4.43. The number of fused-ring (bicyclic) bond motifs is 2. The lowest BCUT2D eigenvalue weighted by Gasteiger charge is -2.17. The van der Waals surface area contributed by atoms with Gasteiger partial charge in [0.05, 0.1) is 46.9 Å². The van der Waals surface area contributed by atoms with Gasteiger partial charge in [-0.1, -0.05) is 17.7 Å². The number of carbonyl (C=O) groups is 1. The molecule has 0 atom stereocenters. The second-order valence-electron chi connectivity index (χ2n) is 7.90. The zero-order valence-corrected chi connectivity index (χ0v) is 20.0. The summed E-state index contributed by atoms with van der Waals surface area (Å²) in [5.74, 6) is 0.786. The molecule has 180 valence electrons. The minimum Gasteiger partial charge on any atom is -0.493 e. The van der Waals surface area contributed by atoms with Crippen LogP contribution in [0, 0.1) is 0 Å². The van der Waals surface area contributed by atoms with Crippen molar-refractivity contribution in [1.82, 2.24) is 20.3 Å². The molecule has 0 radical (unpaired) electrons. The lowest BCUT2D eigenvalue weighted by atomic mass is 10.0. The lowest BCUT2D eigenvalue weighted by molar-refractivity contribution is 0.0947. The molecule has 0 saturated carbocycles. The number of methoxy groups -OCH3 is 2. The Morgan fingerprint density at radius 3 is 2.86 bits per heavy atom. The highest BCUT2D eigenvalue weighted by Crippen LogP contribution is 2.42. The number of benzene rings is 1. The number of para-hydroxylation sites is 1. The highest BCUT2D eigenvalue weighted by molar-refractivity contribution is 6.32. The van der Waals surface area contributed by atoms with E-state index >= 15 is 0 Å². The zero-order valence-electron chi connectivity index (χ0n) is 19.3. The Morgan fingerprint density at radius 1 is 1.14 bits per heavy atom. The summed E-state index contributed by atoms with van der Waals surface area (Å²) in [4.78, 5) is 25.6. The van der Waals surface area contributed by atoms with Crippen molar-refractivity contribution in [1.29, 1.82) is 0 Å². The largest absolute Gasteiger partial charge is 0.493 e. The van der Waals surface area contributed by atoms with Crippen molar-refractivity contribution >= 4 is 39.9 Å². The Bertz CT molecular complexity index is 1400. The van der Waals surface area contributed by atoms with Gasteiger partial charge in [-0.25, -0.2) is 4.98 Å². The number of carbonyl (C=O) groups excluding carboxylic acids is 1. The first-order chi connectivity index (χ1) is 17.1. The summed E-state index contributed by atoms with van der Waals surface area (Å²) in [6, 6.07) is 10.9. The van der Waals surface area contributed by atoms with Gasteiger partial charge in [0.15, 0.2) is 5.75 Å². The number of ether oxygens (including phenoxy) is 3. The second kappa shape index (κ2) is 9.81. The summed E-state index contributed by atoms with van der Waals surface area (Å²) >= 11 is 6.35. The number of halogens is 1. The van der Waals surface area contributed by atoms with Crippen LogP contribution in [0.3, 0.4) is 0 Å². The van der Waals surface area contributed by atoms with Gasteiger partial charge in [-0.2, -0.15) is 0 Å². The number of aromatic nitrogens is 3. The molecule has 10 heteroatoms. The number of amides is 1. The Labute approximate surface area is 206 Å². The average Bonchev–Trinajstić information content (AvgIpc) is 3.23. The van der Waals surface area contributed by atoms with Gasteiger partial charge in [0.2, 0.25) is 5.88 Å². The van der Waals surface area contributed by atoms with Crippen LogP contribution in [0.1, 0.15) is 16.1 Å². The molecule has 0 fully saturated rings. The Balaban J connectivity index is 1.67. The van der Waals surface area contributed by atoms with Crippen LogP contribution in [0.15, 0.2) is 42.6 Å². The third kappa shape index (κ3) is 4.36. The van der Waals surface area contributed by atoms with Gasteiger partial charge in [0, 0.05) is 43.6 Å². The van der Waals surface area contributed by atoms with E-state index in [9.17, 15) is 4.79 Å². The molecule has 1 amide bonds. The number of anilines is 2. The topological polar surface area (TPSA) is 110 Å². The highest BCUT2D eigenvalue weighted by Gasteiger charge is 2.28. The molecule has 4 heterocycles. The molecule has 9 nitrogen and oxygen atoms in total. The summed E-state index contributed by atoms with van der Waals surface area (Å²) in [6.07, 6.45) is 2.39. The maximum atomic E-state index is 12.9. The summed E-state index contributed by atoms with van der Waals surface area (Å²) < 4.78 is 16.3. The minimum absolute atomic E-state index is 0.160. The minimum atomic E-state index is -0.160. The van der Waals surface area contributed by atoms with Crippen LogP contribution < -0.4 is 20.1 Å². The van der Waals surface area contributed by atoms with Gasteiger partial charge >= 0.3 is 0 Å². The highest BCUT2D eigenvalue weighted by atomic mass is 35.5. The quantitative estimate of drug-likeness (QED) is 0.313. The standard InChI is InChI=1S/C25H24ClN5O4/c1-33-12-13-35-19-7-6-17-21(31-19)14(8-10-27-17)22-23(20-16(29-22)9-11-28-25(20)32)30-18-5-3-4-15(26)24(18)34-2/h3-8,10,29-30H,9,11-13H2,1-2H3,(H,28,32). The van der Waals surface area contributed by atoms with Gasteiger partial charge in [-0.05, 0) is 24.3 Å². The molecule has 0 spiro atoms. The van der Waals surface area contributed by atoms with Crippen LogP contribution in [-0.4, -0.2) is 54.8 Å². The Morgan fingerprint density at radius 2 is 2.03 bits per heavy atom. The summed E-state index contributed by atoms with van der Waals surface area (Å²) in [5.41, 5.74) is 5.46. The van der Waals surface area contributed by atoms with E-state index in [0.717, 1.165) is 11.3 Å². The van der Waals surface area contributed by atoms with Crippen LogP contribution in [0.5, 0.6) is 11.6 Å². The van der Waals surface area contributed by atoms with Crippen molar-refractivity contribution < 1.29 is 19.0 Å². The molecule has 0 bridgehead atoms. The summed E-state index contributed by atoms with van der Waals surface area (Å²) in [6.45, 7) is 1.38. The number of rotatable bonds is 8. The normalized spacial score (nSPS) is 12.8. The molecule has 0 saturated heterocycles. The number of nitrogens with zero attached hydrogens (tertiary/aromatic N) is 2. The maximum Gasteiger partial charge on any atom is 0.255 e. The molecule has 35 heavy (non-hydrogen) atoms. The maximum absolute atomic E-state index is 12.9. The smallest absolute Gasteiger partial charge is 0.255 e. The van der Waals surface area contributed by atoms with Gasteiger partial charge < -0.3 is 29.8 Å². The Hall–Kier alpha value is -3.82. The average molecular weight is 494 g/mol. The molecule has 5 rings (SSSR count). The first kappa shape index (κ1) is 22.9. The lowest BCUT2D eigenvalue weighted by Crippen LogP contribution is -2.31. The number of pyridine rings is 2. The van der Waals surface area contributed by atoms with Crippen LogP contribution in [0.2, 0.25) is 5.02 Å². The van der Waals surface area contributed by atoms with E-state index in [1.807, 2.05) is 24.3 Å². The van der Waals surface area contributed by atoms with Crippen LogP contribution >= 0.6 is 11.6 Å². The van der Waals surface area contributed by atoms with Gasteiger partial charge in [0.1, 0.15) is 12.1 Å². The predicted molar refractivity (Wildman–Crippen MR) is 134 cm³/mol. The van der Waals surface area contributed by atoms with Gasteiger partial charge in [0.25, 0.3) is 5.91 Å². The van der Waals surface area contributed by atoms with Crippen LogP contribution in [0.25, 0.3) is 22.3 Å². The Kier molecular flexibility index (Phi) is 6.43. The summed E-state index contributed by atoms with van der Waals surface area (Å²) in [5, 5.41) is 6.78. The molecule has 4 aromatic rings. The third-order valence-corrected chi connectivity index (χ3v) is 6.06. The first-order valence-electron chi connectivity index (χ1n) is 11.1. The molecular weight excluding hydrogens is 470 g/mol. The molecule has 0 aliphatic carbocycles. The molecular formula is C25H24ClN5O4. The molecule has 0 unspecified atom stereocenters. The van der Waals surface area contributed by atoms with Crippen LogP contribution in [0.4, 0.5) is 11.4 Å². The van der Waals surface area contributed by atoms with E-state index in [0.29, 0.717) is 76.5 Å². The van der Waals surface area contributed by atoms with Crippen molar-refractivity contribution in [2.75, 3.05) is 39.3 Å². The fourth-order valence-electron chi connectivity index (χ4n) is 4.17. The summed E-state index contributed by atoms with van der Waals surface area (Å²) in [7, 11) is 3.17. The molecule has 1 aromatic carbocycles. The van der Waals surface area contributed by atoms with Crippen molar-refractivity contribution in [2.45, 2.75) is 6.42 Å². The van der Waals surface area contributed by atoms with Crippen molar-refractivity contribution in [3.63, 3.8) is 0 Å². The van der Waals surface area contributed by atoms with Gasteiger partial charge in [-0.15, -0.1) is 0 Å². The zero-order chi connectivity index (χ0) is 24.4. The number of aromatic amines is 1. The first-order valence-corrected chi connectivity index (χ1v) is 11.5. The van der Waals surface area contributed by atoms with E-state index in [1.165, 1.54) is 0 Å². The van der Waals surface area contributed by atoms with Crippen molar-refractivity contribution in [3.8, 4) is 22.9 Å². The number of nitrogens with one attached hydrogen (secondary N) is 3. The SMILES string of the molecule is COCCOc1ccc2nccc(-c3[nH]c4c(c3Nc3cccc(Cl)c3OC)C(=O)NCC4)c2n1. The van der Waals surface area contributed by atoms with E-state index in [2.05, 4.69) is 20.6 Å². The van der Waals surface area contributed by atoms with E-state index in [4.69, 9.17) is 30.8 Å².